The first-order valence-corrected chi connectivity index (χ1v) is 7.07. The quantitative estimate of drug-likeness (QED) is 0.916. The summed E-state index contributed by atoms with van der Waals surface area (Å²) < 4.78 is 14.0. The van der Waals surface area contributed by atoms with Crippen LogP contribution in [0.15, 0.2) is 30.5 Å². The molecule has 21 heavy (non-hydrogen) atoms. The van der Waals surface area contributed by atoms with Gasteiger partial charge in [0.25, 0.3) is 0 Å². The summed E-state index contributed by atoms with van der Waals surface area (Å²) in [6.07, 6.45) is 1.66. The van der Waals surface area contributed by atoms with Crippen molar-refractivity contribution < 1.29 is 9.50 Å². The van der Waals surface area contributed by atoms with Crippen LogP contribution in [0.3, 0.4) is 0 Å². The van der Waals surface area contributed by atoms with Gasteiger partial charge in [-0.3, -0.25) is 0 Å². The first kappa shape index (κ1) is 15.4. The Kier molecular flexibility index (Phi) is 4.85. The van der Waals surface area contributed by atoms with Crippen LogP contribution in [0, 0.1) is 5.82 Å². The Labute approximate surface area is 124 Å². The fourth-order valence-corrected chi connectivity index (χ4v) is 2.19. The van der Waals surface area contributed by atoms with Crippen LogP contribution in [-0.4, -0.2) is 21.6 Å². The zero-order chi connectivity index (χ0) is 15.4. The number of halogens is 1. The van der Waals surface area contributed by atoms with Gasteiger partial charge in [0.1, 0.15) is 11.6 Å². The van der Waals surface area contributed by atoms with Crippen LogP contribution in [-0.2, 0) is 6.61 Å². The van der Waals surface area contributed by atoms with Crippen LogP contribution in [0.4, 0.5) is 15.8 Å². The largest absolute Gasteiger partial charge is 0.390 e. The zero-order valence-electron chi connectivity index (χ0n) is 12.5. The van der Waals surface area contributed by atoms with Crippen LogP contribution >= 0.6 is 0 Å². The van der Waals surface area contributed by atoms with Gasteiger partial charge in [-0.15, -0.1) is 0 Å². The Balaban J connectivity index is 2.50. The summed E-state index contributed by atoms with van der Waals surface area (Å²) >= 11 is 0. The van der Waals surface area contributed by atoms with E-state index in [4.69, 9.17) is 0 Å². The number of anilines is 2. The SMILES string of the molecule is CCN(c1ccccc1F)c1cnc(C(C)C)nc1CO. The highest BCUT2D eigenvalue weighted by Gasteiger charge is 2.17. The van der Waals surface area contributed by atoms with E-state index in [0.29, 0.717) is 29.4 Å². The summed E-state index contributed by atoms with van der Waals surface area (Å²) in [4.78, 5) is 10.5. The van der Waals surface area contributed by atoms with Gasteiger partial charge in [-0.25, -0.2) is 14.4 Å². The van der Waals surface area contributed by atoms with Gasteiger partial charge in [-0.1, -0.05) is 26.0 Å². The summed E-state index contributed by atoms with van der Waals surface area (Å²) in [5.74, 6) is 0.538. The monoisotopic (exact) mass is 289 g/mol. The van der Waals surface area contributed by atoms with Crippen LogP contribution in [0.2, 0.25) is 0 Å². The highest BCUT2D eigenvalue weighted by atomic mass is 19.1. The van der Waals surface area contributed by atoms with E-state index in [0.717, 1.165) is 0 Å². The van der Waals surface area contributed by atoms with Crippen LogP contribution in [0.1, 0.15) is 38.2 Å². The number of para-hydroxylation sites is 1. The van der Waals surface area contributed by atoms with E-state index in [1.807, 2.05) is 20.8 Å². The number of aliphatic hydroxyl groups is 1. The van der Waals surface area contributed by atoms with Crippen molar-refractivity contribution in [2.75, 3.05) is 11.4 Å². The normalized spacial score (nSPS) is 11.0. The van der Waals surface area contributed by atoms with Gasteiger partial charge >= 0.3 is 0 Å². The number of rotatable bonds is 5. The van der Waals surface area contributed by atoms with E-state index < -0.39 is 0 Å². The molecule has 0 aliphatic carbocycles. The minimum Gasteiger partial charge on any atom is -0.390 e. The van der Waals surface area contributed by atoms with Gasteiger partial charge < -0.3 is 10.0 Å². The molecule has 1 heterocycles. The molecular formula is C16H20FN3O. The number of aliphatic hydroxyl groups excluding tert-OH is 1. The number of nitrogens with zero attached hydrogens (tertiary/aromatic N) is 3. The minimum atomic E-state index is -0.309. The third-order valence-electron chi connectivity index (χ3n) is 3.28. The molecule has 0 fully saturated rings. The van der Waals surface area contributed by atoms with Crippen LogP contribution < -0.4 is 4.90 Å². The Morgan fingerprint density at radius 3 is 2.52 bits per heavy atom. The maximum Gasteiger partial charge on any atom is 0.146 e. The van der Waals surface area contributed by atoms with E-state index in [9.17, 15) is 9.50 Å². The van der Waals surface area contributed by atoms with Crippen molar-refractivity contribution in [1.29, 1.82) is 0 Å². The third-order valence-corrected chi connectivity index (χ3v) is 3.28. The van der Waals surface area contributed by atoms with Crippen molar-refractivity contribution in [2.24, 2.45) is 0 Å². The molecule has 2 aromatic rings. The molecule has 0 amide bonds. The molecule has 0 aliphatic rings. The molecule has 2 rings (SSSR count). The molecule has 1 aromatic carbocycles. The fraction of sp³-hybridized carbons (Fsp3) is 0.375. The smallest absolute Gasteiger partial charge is 0.146 e. The highest BCUT2D eigenvalue weighted by Crippen LogP contribution is 2.29. The molecule has 0 radical (unpaired) electrons. The van der Waals surface area contributed by atoms with E-state index in [1.165, 1.54) is 6.07 Å². The predicted molar refractivity (Wildman–Crippen MR) is 81.1 cm³/mol. The summed E-state index contributed by atoms with van der Waals surface area (Å²) in [5, 5.41) is 9.57. The van der Waals surface area contributed by atoms with Crippen molar-refractivity contribution in [1.82, 2.24) is 9.97 Å². The molecule has 0 bridgehead atoms. The summed E-state index contributed by atoms with van der Waals surface area (Å²) in [6.45, 7) is 6.25. The van der Waals surface area contributed by atoms with Crippen molar-refractivity contribution >= 4 is 11.4 Å². The van der Waals surface area contributed by atoms with Gasteiger partial charge in [-0.05, 0) is 19.1 Å². The second-order valence-corrected chi connectivity index (χ2v) is 5.07. The maximum atomic E-state index is 14.0. The van der Waals surface area contributed by atoms with Crippen molar-refractivity contribution in [2.45, 2.75) is 33.3 Å². The molecule has 112 valence electrons. The molecule has 0 atom stereocenters. The van der Waals surface area contributed by atoms with E-state index in [1.54, 1.807) is 29.3 Å². The van der Waals surface area contributed by atoms with E-state index in [-0.39, 0.29) is 18.3 Å². The van der Waals surface area contributed by atoms with Gasteiger partial charge in [0, 0.05) is 12.5 Å². The highest BCUT2D eigenvalue weighted by molar-refractivity contribution is 5.64. The number of aromatic nitrogens is 2. The first-order valence-electron chi connectivity index (χ1n) is 7.07. The third kappa shape index (κ3) is 3.19. The lowest BCUT2D eigenvalue weighted by Gasteiger charge is -2.25. The summed E-state index contributed by atoms with van der Waals surface area (Å²) in [7, 11) is 0. The van der Waals surface area contributed by atoms with Gasteiger partial charge in [0.05, 0.1) is 29.9 Å². The van der Waals surface area contributed by atoms with Crippen LogP contribution in [0.5, 0.6) is 0 Å². The Bertz CT molecular complexity index is 616. The zero-order valence-corrected chi connectivity index (χ0v) is 12.5. The summed E-state index contributed by atoms with van der Waals surface area (Å²) in [5.41, 5.74) is 1.60. The minimum absolute atomic E-state index is 0.174. The second-order valence-electron chi connectivity index (χ2n) is 5.07. The Morgan fingerprint density at radius 2 is 1.95 bits per heavy atom. The molecular weight excluding hydrogens is 269 g/mol. The molecule has 1 N–H and O–H groups in total. The van der Waals surface area contributed by atoms with Crippen molar-refractivity contribution in [3.05, 3.63) is 47.8 Å². The van der Waals surface area contributed by atoms with Gasteiger partial charge in [0.2, 0.25) is 0 Å². The van der Waals surface area contributed by atoms with Gasteiger partial charge in [-0.2, -0.15) is 0 Å². The number of hydrogen-bond acceptors (Lipinski definition) is 4. The lowest BCUT2D eigenvalue weighted by molar-refractivity contribution is 0.276. The van der Waals surface area contributed by atoms with Crippen molar-refractivity contribution in [3.8, 4) is 0 Å². The Morgan fingerprint density at radius 1 is 1.24 bits per heavy atom. The standard InChI is InChI=1S/C16H20FN3O/c1-4-20(14-8-6-5-7-12(14)17)15-9-18-16(11(2)3)19-13(15)10-21/h5-9,11,21H,4,10H2,1-3H3. The van der Waals surface area contributed by atoms with Crippen LogP contribution in [0.25, 0.3) is 0 Å². The van der Waals surface area contributed by atoms with Gasteiger partial charge in [0.15, 0.2) is 0 Å². The molecule has 5 heteroatoms. The average Bonchev–Trinajstić information content (AvgIpc) is 2.49. The van der Waals surface area contributed by atoms with E-state index in [2.05, 4.69) is 9.97 Å². The maximum absolute atomic E-state index is 14.0. The first-order chi connectivity index (χ1) is 10.1. The molecule has 0 unspecified atom stereocenters. The van der Waals surface area contributed by atoms with E-state index >= 15 is 0 Å². The molecule has 0 saturated carbocycles. The molecule has 0 saturated heterocycles. The fourth-order valence-electron chi connectivity index (χ4n) is 2.19. The predicted octanol–water partition coefficient (Wildman–Crippen LogP) is 3.39. The number of hydrogen-bond donors (Lipinski definition) is 1. The lowest BCUT2D eigenvalue weighted by atomic mass is 10.2. The summed E-state index contributed by atoms with van der Waals surface area (Å²) in [6, 6.07) is 6.55. The lowest BCUT2D eigenvalue weighted by Crippen LogP contribution is -2.20. The molecule has 0 spiro atoms. The number of benzene rings is 1. The topological polar surface area (TPSA) is 49.2 Å². The van der Waals surface area contributed by atoms with Crippen molar-refractivity contribution in [3.63, 3.8) is 0 Å². The molecule has 1 aromatic heterocycles. The molecule has 4 nitrogen and oxygen atoms in total. The molecule has 0 aliphatic heterocycles. The Hall–Kier alpha value is -2.01. The average molecular weight is 289 g/mol. The second kappa shape index (κ2) is 6.63.